The summed E-state index contributed by atoms with van der Waals surface area (Å²) in [6, 6.07) is 9.71. The highest BCUT2D eigenvalue weighted by Crippen LogP contribution is 2.53. The van der Waals surface area contributed by atoms with Gasteiger partial charge in [0.15, 0.2) is 0 Å². The number of rotatable bonds is 11. The zero-order chi connectivity index (χ0) is 31.7. The lowest BCUT2D eigenvalue weighted by Crippen LogP contribution is -2.20. The predicted molar refractivity (Wildman–Crippen MR) is 166 cm³/mol. The van der Waals surface area contributed by atoms with E-state index < -0.39 is 20.0 Å². The molecule has 12 nitrogen and oxygen atoms in total. The average Bonchev–Trinajstić information content (AvgIpc) is 3.75. The maximum Gasteiger partial charge on any atom is 0.264 e. The Morgan fingerprint density at radius 1 is 0.841 bits per heavy atom. The number of anilines is 2. The molecule has 44 heavy (non-hydrogen) atoms. The number of nitrogens with zero attached hydrogens (tertiary/aromatic N) is 6. The van der Waals surface area contributed by atoms with Gasteiger partial charge in [-0.2, -0.15) is 0 Å². The molecule has 14 heteroatoms. The van der Waals surface area contributed by atoms with Crippen molar-refractivity contribution in [1.29, 1.82) is 0 Å². The molecule has 4 aromatic heterocycles. The number of sulfonamides is 2. The molecular weight excluding hydrogens is 601 g/mol. The van der Waals surface area contributed by atoms with Crippen molar-refractivity contribution < 1.29 is 16.8 Å². The van der Waals surface area contributed by atoms with E-state index in [0.29, 0.717) is 17.8 Å². The molecule has 3 atom stereocenters. The van der Waals surface area contributed by atoms with E-state index in [-0.39, 0.29) is 44.6 Å². The zero-order valence-electron chi connectivity index (χ0n) is 25.3. The van der Waals surface area contributed by atoms with Gasteiger partial charge in [-0.1, -0.05) is 34.6 Å². The lowest BCUT2D eigenvalue weighted by Gasteiger charge is -2.20. The topological polar surface area (TPSA) is 170 Å². The molecule has 5 rings (SSSR count). The van der Waals surface area contributed by atoms with E-state index in [4.69, 9.17) is 9.97 Å². The summed E-state index contributed by atoms with van der Waals surface area (Å²) in [5.41, 5.74) is 2.35. The average molecular weight is 637 g/mol. The molecule has 1 aliphatic rings. The molecule has 0 amide bonds. The van der Waals surface area contributed by atoms with Crippen molar-refractivity contribution >= 4 is 31.7 Å². The van der Waals surface area contributed by atoms with Crippen LogP contribution >= 0.6 is 0 Å². The van der Waals surface area contributed by atoms with E-state index in [9.17, 15) is 16.8 Å². The highest BCUT2D eigenvalue weighted by Gasteiger charge is 2.44. The third-order valence-corrected chi connectivity index (χ3v) is 10.4. The van der Waals surface area contributed by atoms with Crippen LogP contribution < -0.4 is 9.44 Å². The smallest absolute Gasteiger partial charge is 0.263 e. The van der Waals surface area contributed by atoms with Gasteiger partial charge >= 0.3 is 0 Å². The second-order valence-corrected chi connectivity index (χ2v) is 15.3. The number of hydrogen-bond donors (Lipinski definition) is 2. The van der Waals surface area contributed by atoms with Gasteiger partial charge in [-0.25, -0.2) is 36.8 Å². The molecule has 0 saturated heterocycles. The molecule has 0 spiro atoms. The van der Waals surface area contributed by atoms with Crippen LogP contribution in [0.4, 0.5) is 11.6 Å². The first-order valence-electron chi connectivity index (χ1n) is 14.4. The van der Waals surface area contributed by atoms with E-state index in [1.165, 1.54) is 37.2 Å². The van der Waals surface area contributed by atoms with E-state index in [1.54, 1.807) is 24.3 Å². The van der Waals surface area contributed by atoms with E-state index in [1.807, 2.05) is 27.7 Å². The fraction of sp³-hybridized carbons (Fsp3) is 0.400. The Balaban J connectivity index is 1.37. The van der Waals surface area contributed by atoms with Gasteiger partial charge in [0.1, 0.15) is 34.1 Å². The van der Waals surface area contributed by atoms with Gasteiger partial charge in [-0.05, 0) is 67.5 Å². The van der Waals surface area contributed by atoms with Crippen LogP contribution in [0.5, 0.6) is 0 Å². The van der Waals surface area contributed by atoms with Gasteiger partial charge in [-0.3, -0.25) is 19.4 Å². The maximum atomic E-state index is 13.5. The third kappa shape index (κ3) is 7.02. The van der Waals surface area contributed by atoms with Gasteiger partial charge in [0.2, 0.25) is 0 Å². The monoisotopic (exact) mass is 636 g/mol. The highest BCUT2D eigenvalue weighted by molar-refractivity contribution is 7.93. The Morgan fingerprint density at radius 2 is 1.43 bits per heavy atom. The van der Waals surface area contributed by atoms with Crippen molar-refractivity contribution in [1.82, 2.24) is 29.9 Å². The van der Waals surface area contributed by atoms with Gasteiger partial charge in [-0.15, -0.1) is 0 Å². The number of hydrogen-bond acceptors (Lipinski definition) is 10. The van der Waals surface area contributed by atoms with Crippen molar-refractivity contribution in [3.05, 3.63) is 84.2 Å². The Labute approximate surface area is 258 Å². The van der Waals surface area contributed by atoms with Crippen molar-refractivity contribution in [2.45, 2.75) is 80.9 Å². The fourth-order valence-electron chi connectivity index (χ4n) is 5.16. The molecule has 232 valence electrons. The summed E-state index contributed by atoms with van der Waals surface area (Å²) in [5.74, 6) is 0.515. The van der Waals surface area contributed by atoms with Crippen LogP contribution in [-0.4, -0.2) is 46.7 Å². The van der Waals surface area contributed by atoms with E-state index in [2.05, 4.69) is 36.3 Å². The molecule has 2 N–H and O–H groups in total. The summed E-state index contributed by atoms with van der Waals surface area (Å²) in [7, 11) is -7.85. The molecule has 3 unspecified atom stereocenters. The molecular formula is C30H36N8O4S2. The Kier molecular flexibility index (Phi) is 8.67. The summed E-state index contributed by atoms with van der Waals surface area (Å²) in [5, 5.41) is 0. The van der Waals surface area contributed by atoms with Crippen LogP contribution in [0.25, 0.3) is 0 Å². The first-order valence-corrected chi connectivity index (χ1v) is 17.3. The van der Waals surface area contributed by atoms with Crippen molar-refractivity contribution in [3.8, 4) is 0 Å². The number of aromatic nitrogens is 6. The first-order chi connectivity index (χ1) is 20.8. The van der Waals surface area contributed by atoms with Gasteiger partial charge < -0.3 is 0 Å². The van der Waals surface area contributed by atoms with Gasteiger partial charge in [0.05, 0.1) is 11.4 Å². The van der Waals surface area contributed by atoms with Crippen LogP contribution in [-0.2, 0) is 31.9 Å². The van der Waals surface area contributed by atoms with Crippen molar-refractivity contribution in [2.24, 2.45) is 5.92 Å². The summed E-state index contributed by atoms with van der Waals surface area (Å²) in [6.45, 7) is 10.1. The van der Waals surface area contributed by atoms with Crippen LogP contribution in [0.15, 0.2) is 71.2 Å². The fourth-order valence-corrected chi connectivity index (χ4v) is 7.63. The molecule has 0 aliphatic heterocycles. The van der Waals surface area contributed by atoms with Crippen molar-refractivity contribution in [3.63, 3.8) is 0 Å². The standard InChI is InChI=1S/C30H36N8O4S2/c1-6-22-24(43(39,40)37-27-11-13-31-17-33-27)8-7-23(35-22)19(2)15-20-16-21(20)29-25(9-10-26(36-29)30(3,4)5)44(41,42)38-28-12-14-32-18-34-28/h7-14,17-21H,6,15-16H2,1-5H3,(H,31,33,37)(H,32,34,38). The molecule has 1 saturated carbocycles. The first kappa shape index (κ1) is 31.4. The third-order valence-electron chi connectivity index (χ3n) is 7.60. The summed E-state index contributed by atoms with van der Waals surface area (Å²) < 4.78 is 58.2. The molecule has 1 fully saturated rings. The van der Waals surface area contributed by atoms with Gasteiger partial charge in [0, 0.05) is 35.1 Å². The van der Waals surface area contributed by atoms with Crippen LogP contribution in [0, 0.1) is 5.92 Å². The van der Waals surface area contributed by atoms with Crippen LogP contribution in [0.3, 0.4) is 0 Å². The maximum absolute atomic E-state index is 13.5. The van der Waals surface area contributed by atoms with Crippen molar-refractivity contribution in [2.75, 3.05) is 9.44 Å². The number of aryl methyl sites for hydroxylation is 1. The summed E-state index contributed by atoms with van der Waals surface area (Å²) >= 11 is 0. The molecule has 4 heterocycles. The number of nitrogens with one attached hydrogen (secondary N) is 2. The molecule has 0 bridgehead atoms. The molecule has 0 aromatic carbocycles. The Bertz CT molecular complexity index is 1850. The summed E-state index contributed by atoms with van der Waals surface area (Å²) in [6.07, 6.45) is 7.45. The zero-order valence-corrected chi connectivity index (χ0v) is 26.9. The minimum absolute atomic E-state index is 0.00637. The van der Waals surface area contributed by atoms with Gasteiger partial charge in [0.25, 0.3) is 20.0 Å². The van der Waals surface area contributed by atoms with E-state index >= 15 is 0 Å². The molecule has 4 aromatic rings. The largest absolute Gasteiger partial charge is 0.264 e. The summed E-state index contributed by atoms with van der Waals surface area (Å²) in [4.78, 5) is 25.5. The molecule has 0 radical (unpaired) electrons. The number of pyridine rings is 2. The SMILES string of the molecule is CCc1nc(C(C)CC2CC2c2nc(C(C)(C)C)ccc2S(=O)(=O)Nc2ccncn2)ccc1S(=O)(=O)Nc1ccncn1. The second kappa shape index (κ2) is 12.2. The predicted octanol–water partition coefficient (Wildman–Crippen LogP) is 4.82. The second-order valence-electron chi connectivity index (χ2n) is 12.0. The lowest BCUT2D eigenvalue weighted by atomic mass is 9.91. The minimum Gasteiger partial charge on any atom is -0.263 e. The lowest BCUT2D eigenvalue weighted by molar-refractivity contribution is 0.554. The molecule has 1 aliphatic carbocycles. The van der Waals surface area contributed by atoms with E-state index in [0.717, 1.165) is 24.2 Å². The Morgan fingerprint density at radius 3 is 1.98 bits per heavy atom. The normalized spacial score (nSPS) is 17.6. The Hall–Kier alpha value is -4.04. The quantitative estimate of drug-likeness (QED) is 0.233. The highest BCUT2D eigenvalue weighted by atomic mass is 32.2. The van der Waals surface area contributed by atoms with Crippen LogP contribution in [0.1, 0.15) is 82.1 Å². The minimum atomic E-state index is -3.95. The van der Waals surface area contributed by atoms with Crippen LogP contribution in [0.2, 0.25) is 0 Å².